The summed E-state index contributed by atoms with van der Waals surface area (Å²) in [6.45, 7) is 1.88. The van der Waals surface area contributed by atoms with Crippen LogP contribution < -0.4 is 11.2 Å². The van der Waals surface area contributed by atoms with E-state index in [9.17, 15) is 19.2 Å². The first-order chi connectivity index (χ1) is 13.0. The van der Waals surface area contributed by atoms with Crippen LogP contribution in [0.5, 0.6) is 0 Å². The highest BCUT2D eigenvalue weighted by Crippen LogP contribution is 2.06. The third kappa shape index (κ3) is 3.55. The summed E-state index contributed by atoms with van der Waals surface area (Å²) in [4.78, 5) is 51.1. The van der Waals surface area contributed by atoms with Crippen molar-refractivity contribution < 1.29 is 9.59 Å². The molecule has 0 amide bonds. The number of carbonyl (C=O) groups excluding carboxylic acids is 2. The topological polar surface area (TPSA) is 78.1 Å². The molecule has 0 aliphatic carbocycles. The van der Waals surface area contributed by atoms with Gasteiger partial charge in [-0.05, 0) is 30.7 Å². The number of aromatic nitrogens is 2. The SMILES string of the molecule is CCCc1cc(=O)n(C(=O)c2ccccc2)c(=O)n1C(=O)c1ccccc1. The summed E-state index contributed by atoms with van der Waals surface area (Å²) in [5, 5.41) is 0. The third-order valence-corrected chi connectivity index (χ3v) is 4.13. The average Bonchev–Trinajstić information content (AvgIpc) is 2.69. The van der Waals surface area contributed by atoms with Gasteiger partial charge in [0.05, 0.1) is 0 Å². The third-order valence-electron chi connectivity index (χ3n) is 4.13. The van der Waals surface area contributed by atoms with Gasteiger partial charge in [-0.2, -0.15) is 4.57 Å². The van der Waals surface area contributed by atoms with Gasteiger partial charge in [-0.25, -0.2) is 9.36 Å². The molecule has 0 fully saturated rings. The van der Waals surface area contributed by atoms with Crippen molar-refractivity contribution in [3.8, 4) is 0 Å². The zero-order valence-electron chi connectivity index (χ0n) is 14.8. The van der Waals surface area contributed by atoms with Crippen molar-refractivity contribution in [2.45, 2.75) is 19.8 Å². The van der Waals surface area contributed by atoms with Crippen LogP contribution in [0.3, 0.4) is 0 Å². The molecule has 0 N–H and O–H groups in total. The van der Waals surface area contributed by atoms with Gasteiger partial charge in [-0.15, -0.1) is 0 Å². The van der Waals surface area contributed by atoms with Crippen LogP contribution in [0.25, 0.3) is 0 Å². The fourth-order valence-electron chi connectivity index (χ4n) is 2.85. The minimum atomic E-state index is -0.950. The van der Waals surface area contributed by atoms with E-state index in [0.717, 1.165) is 4.57 Å². The molecule has 1 aromatic heterocycles. The Morgan fingerprint density at radius 1 is 0.778 bits per heavy atom. The van der Waals surface area contributed by atoms with Gasteiger partial charge in [0.25, 0.3) is 17.4 Å². The van der Waals surface area contributed by atoms with E-state index in [4.69, 9.17) is 0 Å². The Kier molecular flexibility index (Phi) is 5.26. The molecule has 0 radical (unpaired) electrons. The molecule has 1 heterocycles. The maximum atomic E-state index is 13.0. The van der Waals surface area contributed by atoms with Crippen molar-refractivity contribution in [3.05, 3.63) is 104 Å². The van der Waals surface area contributed by atoms with Gasteiger partial charge in [0.2, 0.25) is 0 Å². The number of rotatable bonds is 4. The molecule has 3 rings (SSSR count). The van der Waals surface area contributed by atoms with E-state index >= 15 is 0 Å². The molecule has 2 aromatic carbocycles. The molecular weight excluding hydrogens is 344 g/mol. The molecule has 136 valence electrons. The van der Waals surface area contributed by atoms with Gasteiger partial charge in [-0.1, -0.05) is 49.7 Å². The Morgan fingerprint density at radius 2 is 1.26 bits per heavy atom. The smallest absolute Gasteiger partial charge is 0.269 e. The highest BCUT2D eigenvalue weighted by atomic mass is 16.2. The predicted molar refractivity (Wildman–Crippen MR) is 101 cm³/mol. The van der Waals surface area contributed by atoms with Crippen molar-refractivity contribution in [2.24, 2.45) is 0 Å². The monoisotopic (exact) mass is 362 g/mol. The van der Waals surface area contributed by atoms with Crippen molar-refractivity contribution in [1.82, 2.24) is 9.13 Å². The van der Waals surface area contributed by atoms with Gasteiger partial charge < -0.3 is 0 Å². The normalized spacial score (nSPS) is 10.6. The molecule has 0 unspecified atom stereocenters. The number of carbonyl (C=O) groups is 2. The summed E-state index contributed by atoms with van der Waals surface area (Å²) in [6, 6.07) is 17.5. The van der Waals surface area contributed by atoms with E-state index in [0.29, 0.717) is 28.7 Å². The molecule has 0 spiro atoms. The second-order valence-electron chi connectivity index (χ2n) is 6.02. The van der Waals surface area contributed by atoms with Crippen LogP contribution in [0, 0.1) is 0 Å². The average molecular weight is 362 g/mol. The van der Waals surface area contributed by atoms with E-state index in [1.54, 1.807) is 48.5 Å². The van der Waals surface area contributed by atoms with Crippen molar-refractivity contribution in [3.63, 3.8) is 0 Å². The second kappa shape index (κ2) is 7.78. The van der Waals surface area contributed by atoms with Crippen LogP contribution in [0.1, 0.15) is 39.8 Å². The quantitative estimate of drug-likeness (QED) is 0.714. The zero-order valence-corrected chi connectivity index (χ0v) is 14.8. The summed E-state index contributed by atoms with van der Waals surface area (Å²) in [7, 11) is 0. The van der Waals surface area contributed by atoms with E-state index in [2.05, 4.69) is 0 Å². The lowest BCUT2D eigenvalue weighted by molar-refractivity contribution is 0.0928. The maximum Gasteiger partial charge on any atom is 0.345 e. The molecule has 0 bridgehead atoms. The summed E-state index contributed by atoms with van der Waals surface area (Å²) in [5.41, 5.74) is -0.908. The highest BCUT2D eigenvalue weighted by molar-refractivity contribution is 5.98. The second-order valence-corrected chi connectivity index (χ2v) is 6.02. The minimum absolute atomic E-state index is 0.193. The first kappa shape index (κ1) is 18.3. The lowest BCUT2D eigenvalue weighted by Gasteiger charge is -2.13. The zero-order chi connectivity index (χ0) is 19.4. The number of hydrogen-bond donors (Lipinski definition) is 0. The van der Waals surface area contributed by atoms with E-state index in [1.807, 2.05) is 6.92 Å². The molecule has 0 atom stereocenters. The summed E-state index contributed by atoms with van der Waals surface area (Å²) in [5.74, 6) is -1.33. The fourth-order valence-corrected chi connectivity index (χ4v) is 2.85. The molecule has 6 nitrogen and oxygen atoms in total. The minimum Gasteiger partial charge on any atom is -0.269 e. The Morgan fingerprint density at radius 3 is 1.74 bits per heavy atom. The Hall–Kier alpha value is -3.54. The largest absolute Gasteiger partial charge is 0.345 e. The van der Waals surface area contributed by atoms with Crippen molar-refractivity contribution >= 4 is 11.8 Å². The lowest BCUT2D eigenvalue weighted by atomic mass is 10.1. The van der Waals surface area contributed by atoms with Crippen molar-refractivity contribution in [1.29, 1.82) is 0 Å². The molecule has 0 saturated carbocycles. The van der Waals surface area contributed by atoms with Crippen LogP contribution in [0.4, 0.5) is 0 Å². The summed E-state index contributed by atoms with van der Waals surface area (Å²) < 4.78 is 1.43. The lowest BCUT2D eigenvalue weighted by Crippen LogP contribution is -2.46. The molecular formula is C21H18N2O4. The Balaban J connectivity index is 2.23. The first-order valence-electron chi connectivity index (χ1n) is 8.62. The molecule has 0 aliphatic heterocycles. The van der Waals surface area contributed by atoms with Gasteiger partial charge in [0.1, 0.15) is 0 Å². The summed E-state index contributed by atoms with van der Waals surface area (Å²) in [6.07, 6.45) is 1.00. The number of aryl methyl sites for hydroxylation is 1. The van der Waals surface area contributed by atoms with Crippen LogP contribution in [0.2, 0.25) is 0 Å². The van der Waals surface area contributed by atoms with Crippen LogP contribution in [0.15, 0.2) is 76.3 Å². The maximum absolute atomic E-state index is 13.0. The Labute approximate surface area is 155 Å². The molecule has 27 heavy (non-hydrogen) atoms. The highest BCUT2D eigenvalue weighted by Gasteiger charge is 2.22. The number of hydrogen-bond acceptors (Lipinski definition) is 4. The number of benzene rings is 2. The van der Waals surface area contributed by atoms with E-state index < -0.39 is 23.1 Å². The predicted octanol–water partition coefficient (Wildman–Crippen LogP) is 2.34. The molecule has 3 aromatic rings. The fraction of sp³-hybridized carbons (Fsp3) is 0.143. The molecule has 6 heteroatoms. The van der Waals surface area contributed by atoms with E-state index in [1.165, 1.54) is 18.2 Å². The standard InChI is InChI=1S/C21H18N2O4/c1-2-9-17-14-18(24)23(20(26)16-12-7-4-8-13-16)21(27)22(17)19(25)15-10-5-3-6-11-15/h3-8,10-14H,2,9H2,1H3. The Bertz CT molecular complexity index is 1100. The first-order valence-corrected chi connectivity index (χ1v) is 8.62. The van der Waals surface area contributed by atoms with Gasteiger partial charge in [0, 0.05) is 22.9 Å². The van der Waals surface area contributed by atoms with Crippen LogP contribution in [-0.2, 0) is 6.42 Å². The summed E-state index contributed by atoms with van der Waals surface area (Å²) >= 11 is 0. The molecule has 0 aliphatic rings. The molecule has 0 saturated heterocycles. The van der Waals surface area contributed by atoms with E-state index in [-0.39, 0.29) is 5.56 Å². The van der Waals surface area contributed by atoms with Gasteiger partial charge in [-0.3, -0.25) is 14.4 Å². The van der Waals surface area contributed by atoms with Crippen LogP contribution >= 0.6 is 0 Å². The van der Waals surface area contributed by atoms with Gasteiger partial charge >= 0.3 is 5.69 Å². The van der Waals surface area contributed by atoms with Crippen molar-refractivity contribution in [2.75, 3.05) is 0 Å². The van der Waals surface area contributed by atoms with Gasteiger partial charge in [0.15, 0.2) is 0 Å². The number of nitrogens with zero attached hydrogens (tertiary/aromatic N) is 2. The van der Waals surface area contributed by atoms with Crippen LogP contribution in [-0.4, -0.2) is 20.9 Å².